The maximum Gasteiger partial charge on any atom is 0.410 e. The van der Waals surface area contributed by atoms with Crippen molar-refractivity contribution in [2.45, 2.75) is 31.3 Å². The highest BCUT2D eigenvalue weighted by atomic mass is 32.2. The molecule has 0 atom stereocenters. The Morgan fingerprint density at radius 2 is 1.88 bits per heavy atom. The monoisotopic (exact) mass is 371 g/mol. The summed E-state index contributed by atoms with van der Waals surface area (Å²) in [6.45, 7) is 6.34. The van der Waals surface area contributed by atoms with E-state index in [-0.39, 0.29) is 23.0 Å². The van der Waals surface area contributed by atoms with E-state index in [0.29, 0.717) is 13.1 Å². The van der Waals surface area contributed by atoms with Crippen LogP contribution < -0.4 is 4.72 Å². The van der Waals surface area contributed by atoms with Gasteiger partial charge >= 0.3 is 6.09 Å². The van der Waals surface area contributed by atoms with Crippen molar-refractivity contribution >= 4 is 21.8 Å². The van der Waals surface area contributed by atoms with E-state index in [1.807, 2.05) is 0 Å². The zero-order valence-electron chi connectivity index (χ0n) is 14.3. The van der Waals surface area contributed by atoms with Gasteiger partial charge in [0, 0.05) is 37.7 Å². The largest absolute Gasteiger partial charge is 0.444 e. The number of carbonyl (C=O) groups is 1. The Hall–Kier alpha value is -2.20. The third kappa shape index (κ3) is 5.13. The number of nitro groups is 1. The van der Waals surface area contributed by atoms with Gasteiger partial charge in [-0.1, -0.05) is 0 Å². The molecule has 138 valence electrons. The molecule has 0 spiro atoms. The third-order valence-electron chi connectivity index (χ3n) is 3.53. The van der Waals surface area contributed by atoms with Crippen LogP contribution in [0.4, 0.5) is 10.5 Å². The van der Waals surface area contributed by atoms with Crippen molar-refractivity contribution in [1.29, 1.82) is 0 Å². The summed E-state index contributed by atoms with van der Waals surface area (Å²) in [5.74, 6) is 0.000316. The number of likely N-dealkylation sites (tertiary alicyclic amines) is 1. The molecule has 0 aliphatic carbocycles. The number of hydrogen-bond donors (Lipinski definition) is 1. The summed E-state index contributed by atoms with van der Waals surface area (Å²) in [6.07, 6.45) is -0.415. The van der Waals surface area contributed by atoms with Crippen LogP contribution in [0.25, 0.3) is 0 Å². The van der Waals surface area contributed by atoms with Gasteiger partial charge in [-0.05, 0) is 32.9 Å². The summed E-state index contributed by atoms with van der Waals surface area (Å²) in [6, 6.07) is 4.66. The molecular formula is C15H21N3O6S. The predicted molar refractivity (Wildman–Crippen MR) is 89.6 cm³/mol. The van der Waals surface area contributed by atoms with Crippen LogP contribution in [0.1, 0.15) is 20.8 Å². The second-order valence-electron chi connectivity index (χ2n) is 6.85. The molecule has 1 aromatic carbocycles. The zero-order valence-corrected chi connectivity index (χ0v) is 15.1. The summed E-state index contributed by atoms with van der Waals surface area (Å²) < 4.78 is 32.0. The number of benzene rings is 1. The summed E-state index contributed by atoms with van der Waals surface area (Å²) in [7, 11) is -3.75. The van der Waals surface area contributed by atoms with Gasteiger partial charge in [0.2, 0.25) is 10.0 Å². The Morgan fingerprint density at radius 1 is 1.32 bits per heavy atom. The first-order chi connectivity index (χ1) is 11.5. The smallest absolute Gasteiger partial charge is 0.410 e. The lowest BCUT2D eigenvalue weighted by atomic mass is 10.0. The number of ether oxygens (including phenoxy) is 1. The molecule has 1 aliphatic rings. The molecule has 1 aliphatic heterocycles. The SMILES string of the molecule is CC(C)(C)OC(=O)N1CC(CNS(=O)(=O)c2ccc([N+](=O)[O-])cc2)C1. The van der Waals surface area contributed by atoms with Crippen LogP contribution in [0.3, 0.4) is 0 Å². The fourth-order valence-electron chi connectivity index (χ4n) is 2.23. The standard InChI is InChI=1S/C15H21N3O6S/c1-15(2,3)24-14(19)17-9-11(10-17)8-16-25(22,23)13-6-4-12(5-7-13)18(20)21/h4-7,11,16H,8-10H2,1-3H3. The lowest BCUT2D eigenvalue weighted by Gasteiger charge is -2.39. The van der Waals surface area contributed by atoms with Gasteiger partial charge in [0.15, 0.2) is 0 Å². The molecular weight excluding hydrogens is 350 g/mol. The Bertz CT molecular complexity index is 748. The molecule has 1 amide bonds. The van der Waals surface area contributed by atoms with E-state index in [0.717, 1.165) is 12.1 Å². The molecule has 0 saturated carbocycles. The molecule has 1 fully saturated rings. The minimum Gasteiger partial charge on any atom is -0.444 e. The Morgan fingerprint density at radius 3 is 2.36 bits per heavy atom. The number of rotatable bonds is 5. The third-order valence-corrected chi connectivity index (χ3v) is 4.97. The lowest BCUT2D eigenvalue weighted by molar-refractivity contribution is -0.384. The van der Waals surface area contributed by atoms with Crippen molar-refractivity contribution in [3.63, 3.8) is 0 Å². The maximum absolute atomic E-state index is 12.2. The topological polar surface area (TPSA) is 119 Å². The summed E-state index contributed by atoms with van der Waals surface area (Å²) >= 11 is 0. The van der Waals surface area contributed by atoms with Gasteiger partial charge in [0.1, 0.15) is 5.60 Å². The second kappa shape index (κ2) is 6.96. The number of nitrogens with zero attached hydrogens (tertiary/aromatic N) is 2. The molecule has 25 heavy (non-hydrogen) atoms. The second-order valence-corrected chi connectivity index (χ2v) is 8.62. The zero-order chi connectivity index (χ0) is 18.8. The van der Waals surface area contributed by atoms with Gasteiger partial charge in [-0.15, -0.1) is 0 Å². The van der Waals surface area contributed by atoms with E-state index < -0.39 is 26.6 Å². The van der Waals surface area contributed by atoms with Crippen molar-refractivity contribution in [3.05, 3.63) is 34.4 Å². The van der Waals surface area contributed by atoms with E-state index in [1.165, 1.54) is 17.0 Å². The van der Waals surface area contributed by atoms with E-state index >= 15 is 0 Å². The van der Waals surface area contributed by atoms with Gasteiger partial charge < -0.3 is 9.64 Å². The minimum absolute atomic E-state index is 0.000316. The number of non-ortho nitro benzene ring substituents is 1. The first kappa shape index (κ1) is 19.1. The maximum atomic E-state index is 12.2. The Kier molecular flexibility index (Phi) is 5.33. The Balaban J connectivity index is 1.84. The minimum atomic E-state index is -3.75. The van der Waals surface area contributed by atoms with Crippen LogP contribution in [0.2, 0.25) is 0 Å². The first-order valence-electron chi connectivity index (χ1n) is 7.70. The van der Waals surface area contributed by atoms with Gasteiger partial charge in [-0.3, -0.25) is 10.1 Å². The van der Waals surface area contributed by atoms with Crippen molar-refractivity contribution in [3.8, 4) is 0 Å². The van der Waals surface area contributed by atoms with Gasteiger partial charge in [0.25, 0.3) is 5.69 Å². The van der Waals surface area contributed by atoms with Crippen molar-refractivity contribution in [2.75, 3.05) is 19.6 Å². The number of hydrogen-bond acceptors (Lipinski definition) is 6. The van der Waals surface area contributed by atoms with Crippen molar-refractivity contribution < 1.29 is 22.9 Å². The van der Waals surface area contributed by atoms with Crippen LogP contribution in [-0.4, -0.2) is 49.6 Å². The van der Waals surface area contributed by atoms with Crippen LogP contribution in [0, 0.1) is 16.0 Å². The molecule has 0 unspecified atom stereocenters. The average molecular weight is 371 g/mol. The van der Waals surface area contributed by atoms with E-state index in [2.05, 4.69) is 4.72 Å². The van der Waals surface area contributed by atoms with Gasteiger partial charge in [-0.25, -0.2) is 17.9 Å². The lowest BCUT2D eigenvalue weighted by Crippen LogP contribution is -2.54. The molecule has 1 N–H and O–H groups in total. The molecule has 9 nitrogen and oxygen atoms in total. The van der Waals surface area contributed by atoms with E-state index in [4.69, 9.17) is 4.74 Å². The molecule has 1 aromatic rings. The molecule has 1 heterocycles. The average Bonchev–Trinajstić information content (AvgIpc) is 2.43. The van der Waals surface area contributed by atoms with Crippen LogP contribution >= 0.6 is 0 Å². The highest BCUT2D eigenvalue weighted by Crippen LogP contribution is 2.20. The fourth-order valence-corrected chi connectivity index (χ4v) is 3.35. The summed E-state index contributed by atoms with van der Waals surface area (Å²) in [5, 5.41) is 10.6. The van der Waals surface area contributed by atoms with Gasteiger partial charge in [-0.2, -0.15) is 0 Å². The highest BCUT2D eigenvalue weighted by molar-refractivity contribution is 7.89. The van der Waals surface area contributed by atoms with E-state index in [1.54, 1.807) is 20.8 Å². The highest BCUT2D eigenvalue weighted by Gasteiger charge is 2.34. The number of carbonyl (C=O) groups excluding carboxylic acids is 1. The quantitative estimate of drug-likeness (QED) is 0.622. The van der Waals surface area contributed by atoms with Crippen LogP contribution in [0.5, 0.6) is 0 Å². The van der Waals surface area contributed by atoms with E-state index in [9.17, 15) is 23.3 Å². The molecule has 10 heteroatoms. The van der Waals surface area contributed by atoms with Crippen molar-refractivity contribution in [2.24, 2.45) is 5.92 Å². The molecule has 0 radical (unpaired) electrons. The molecule has 0 aromatic heterocycles. The first-order valence-corrected chi connectivity index (χ1v) is 9.18. The Labute approximate surface area is 146 Å². The van der Waals surface area contributed by atoms with Gasteiger partial charge in [0.05, 0.1) is 9.82 Å². The number of amides is 1. The van der Waals surface area contributed by atoms with Crippen LogP contribution in [0.15, 0.2) is 29.2 Å². The fraction of sp³-hybridized carbons (Fsp3) is 0.533. The molecule has 1 saturated heterocycles. The normalized spacial score (nSPS) is 15.6. The number of sulfonamides is 1. The predicted octanol–water partition coefficient (Wildman–Crippen LogP) is 1.74. The molecule has 2 rings (SSSR count). The number of nitrogens with one attached hydrogen (secondary N) is 1. The summed E-state index contributed by atoms with van der Waals surface area (Å²) in [5.41, 5.74) is -0.745. The number of nitro benzene ring substituents is 1. The van der Waals surface area contributed by atoms with Crippen LogP contribution in [-0.2, 0) is 14.8 Å². The van der Waals surface area contributed by atoms with Crippen molar-refractivity contribution in [1.82, 2.24) is 9.62 Å². The summed E-state index contributed by atoms with van der Waals surface area (Å²) in [4.78, 5) is 23.3. The molecule has 0 bridgehead atoms.